The highest BCUT2D eigenvalue weighted by atomic mass is 35.5. The van der Waals surface area contributed by atoms with Gasteiger partial charge in [0.05, 0.1) is 0 Å². The summed E-state index contributed by atoms with van der Waals surface area (Å²) in [6, 6.07) is 5.27. The predicted octanol–water partition coefficient (Wildman–Crippen LogP) is 2.13. The zero-order chi connectivity index (χ0) is 15.5. The molecule has 1 aliphatic heterocycles. The number of nitrogens with one attached hydrogen (secondary N) is 1. The summed E-state index contributed by atoms with van der Waals surface area (Å²) in [5.74, 6) is -0.408. The molecule has 0 atom stereocenters. The fraction of sp³-hybridized carbons (Fsp3) is 0.429. The van der Waals surface area contributed by atoms with E-state index in [-0.39, 0.29) is 11.7 Å². The van der Waals surface area contributed by atoms with Crippen LogP contribution in [0.1, 0.15) is 18.4 Å². The number of halogens is 1. The number of nitrogens with two attached hydrogens (primary N) is 1. The van der Waals surface area contributed by atoms with E-state index >= 15 is 0 Å². The molecule has 1 aromatic rings. The van der Waals surface area contributed by atoms with Gasteiger partial charge in [0.2, 0.25) is 5.91 Å². The number of amidine groups is 1. The second-order valence-electron chi connectivity index (χ2n) is 5.05. The molecule has 7 heteroatoms. The van der Waals surface area contributed by atoms with Gasteiger partial charge >= 0.3 is 0 Å². The average Bonchev–Trinajstić information content (AvgIpc) is 2.51. The average molecular weight is 312 g/mol. The molecule has 2 rings (SSSR count). The lowest BCUT2D eigenvalue weighted by Gasteiger charge is -2.34. The third-order valence-corrected chi connectivity index (χ3v) is 4.30. The molecule has 1 saturated heterocycles. The van der Waals surface area contributed by atoms with Gasteiger partial charge in [0.1, 0.15) is 5.41 Å². The summed E-state index contributed by atoms with van der Waals surface area (Å²) >= 11 is 6.05. The molecular weight excluding hydrogens is 294 g/mol. The molecule has 6 nitrogen and oxygen atoms in total. The first-order chi connectivity index (χ1) is 10.0. The summed E-state index contributed by atoms with van der Waals surface area (Å²) < 4.78 is 5.27. The summed E-state index contributed by atoms with van der Waals surface area (Å²) in [5.41, 5.74) is 6.10. The van der Waals surface area contributed by atoms with E-state index in [9.17, 15) is 4.79 Å². The van der Waals surface area contributed by atoms with Crippen LogP contribution < -0.4 is 11.1 Å². The van der Waals surface area contributed by atoms with E-state index in [2.05, 4.69) is 10.5 Å². The lowest BCUT2D eigenvalue weighted by atomic mass is 9.78. The Bertz CT molecular complexity index is 569. The minimum atomic E-state index is -1.05. The highest BCUT2D eigenvalue weighted by molar-refractivity contribution is 6.31. The van der Waals surface area contributed by atoms with Crippen molar-refractivity contribution in [2.45, 2.75) is 19.8 Å². The van der Waals surface area contributed by atoms with E-state index in [0.29, 0.717) is 36.8 Å². The van der Waals surface area contributed by atoms with Gasteiger partial charge in [0, 0.05) is 23.9 Å². The molecular formula is C14H18ClN3O3. The molecule has 1 fully saturated rings. The van der Waals surface area contributed by atoms with Crippen molar-refractivity contribution in [1.82, 2.24) is 0 Å². The number of hydrogen-bond donors (Lipinski definition) is 3. The standard InChI is InChI=1S/C14H18ClN3O3/c1-9-10(15)3-2-4-11(9)17-13(19)14(12(16)18-20)5-7-21-8-6-14/h2-4,20H,5-8H2,1H3,(H2,16,18)(H,17,19). The van der Waals surface area contributed by atoms with Crippen molar-refractivity contribution in [3.8, 4) is 0 Å². The van der Waals surface area contributed by atoms with Gasteiger partial charge in [-0.25, -0.2) is 0 Å². The smallest absolute Gasteiger partial charge is 0.238 e. The number of ether oxygens (including phenoxy) is 1. The summed E-state index contributed by atoms with van der Waals surface area (Å²) in [6.45, 7) is 2.59. The predicted molar refractivity (Wildman–Crippen MR) is 80.7 cm³/mol. The topological polar surface area (TPSA) is 96.9 Å². The van der Waals surface area contributed by atoms with Gasteiger partial charge in [-0.3, -0.25) is 4.79 Å². The first-order valence-corrected chi connectivity index (χ1v) is 7.01. The van der Waals surface area contributed by atoms with Crippen LogP contribution in [-0.2, 0) is 9.53 Å². The maximum Gasteiger partial charge on any atom is 0.238 e. The van der Waals surface area contributed by atoms with Gasteiger partial charge in [0.15, 0.2) is 5.84 Å². The van der Waals surface area contributed by atoms with Crippen molar-refractivity contribution >= 4 is 29.0 Å². The number of oxime groups is 1. The number of anilines is 1. The van der Waals surface area contributed by atoms with Gasteiger partial charge in [-0.15, -0.1) is 0 Å². The Balaban J connectivity index is 2.29. The highest BCUT2D eigenvalue weighted by Crippen LogP contribution is 2.33. The highest BCUT2D eigenvalue weighted by Gasteiger charge is 2.44. The molecule has 1 heterocycles. The minimum Gasteiger partial charge on any atom is -0.409 e. The first kappa shape index (κ1) is 15.6. The summed E-state index contributed by atoms with van der Waals surface area (Å²) in [4.78, 5) is 12.7. The van der Waals surface area contributed by atoms with Crippen molar-refractivity contribution in [1.29, 1.82) is 0 Å². The molecule has 0 spiro atoms. The molecule has 4 N–H and O–H groups in total. The third kappa shape index (κ3) is 2.96. The zero-order valence-corrected chi connectivity index (χ0v) is 12.5. The molecule has 0 aliphatic carbocycles. The van der Waals surface area contributed by atoms with Gasteiger partial charge in [0.25, 0.3) is 0 Å². The number of rotatable bonds is 3. The molecule has 0 saturated carbocycles. The monoisotopic (exact) mass is 311 g/mol. The van der Waals surface area contributed by atoms with Crippen molar-refractivity contribution < 1.29 is 14.7 Å². The maximum absolute atomic E-state index is 12.7. The molecule has 114 valence electrons. The SMILES string of the molecule is Cc1c(Cl)cccc1NC(=O)C1(C(N)=NO)CCOCC1. The van der Waals surface area contributed by atoms with E-state index in [1.807, 2.05) is 6.92 Å². The molecule has 0 aromatic heterocycles. The maximum atomic E-state index is 12.7. The van der Waals surface area contributed by atoms with Crippen LogP contribution in [0, 0.1) is 12.3 Å². The van der Waals surface area contributed by atoms with Crippen LogP contribution in [0.2, 0.25) is 5.02 Å². The van der Waals surface area contributed by atoms with Gasteiger partial charge in [-0.2, -0.15) is 0 Å². The Kier molecular flexibility index (Phi) is 4.69. The molecule has 0 radical (unpaired) electrons. The Labute approximate surface area is 127 Å². The molecule has 21 heavy (non-hydrogen) atoms. The van der Waals surface area contributed by atoms with Crippen LogP contribution in [0.25, 0.3) is 0 Å². The first-order valence-electron chi connectivity index (χ1n) is 6.63. The second-order valence-corrected chi connectivity index (χ2v) is 5.45. The lowest BCUT2D eigenvalue weighted by Crippen LogP contribution is -2.50. The second kappa shape index (κ2) is 6.32. The third-order valence-electron chi connectivity index (χ3n) is 3.89. The Morgan fingerprint density at radius 2 is 2.14 bits per heavy atom. The lowest BCUT2D eigenvalue weighted by molar-refractivity contribution is -0.126. The largest absolute Gasteiger partial charge is 0.409 e. The van der Waals surface area contributed by atoms with E-state index in [0.717, 1.165) is 5.56 Å². The summed E-state index contributed by atoms with van der Waals surface area (Å²) in [6.07, 6.45) is 0.739. The van der Waals surface area contributed by atoms with Crippen LogP contribution in [0.4, 0.5) is 5.69 Å². The molecule has 1 aliphatic rings. The van der Waals surface area contributed by atoms with E-state index in [1.165, 1.54) is 0 Å². The normalized spacial score (nSPS) is 18.3. The molecule has 1 amide bonds. The fourth-order valence-corrected chi connectivity index (χ4v) is 2.57. The quantitative estimate of drug-likeness (QED) is 0.345. The van der Waals surface area contributed by atoms with E-state index in [1.54, 1.807) is 18.2 Å². The number of benzene rings is 1. The van der Waals surface area contributed by atoms with Crippen LogP contribution >= 0.6 is 11.6 Å². The zero-order valence-electron chi connectivity index (χ0n) is 11.7. The van der Waals surface area contributed by atoms with E-state index in [4.69, 9.17) is 27.3 Å². The molecule has 1 aromatic carbocycles. The van der Waals surface area contributed by atoms with Crippen molar-refractivity contribution in [3.05, 3.63) is 28.8 Å². The van der Waals surface area contributed by atoms with Gasteiger partial charge in [-0.1, -0.05) is 22.8 Å². The van der Waals surface area contributed by atoms with Crippen molar-refractivity contribution in [2.75, 3.05) is 18.5 Å². The Hall–Kier alpha value is -1.79. The molecule has 0 bridgehead atoms. The van der Waals surface area contributed by atoms with Crippen LogP contribution in [-0.4, -0.2) is 30.2 Å². The fourth-order valence-electron chi connectivity index (χ4n) is 2.40. The number of amides is 1. The van der Waals surface area contributed by atoms with Gasteiger partial charge in [-0.05, 0) is 37.5 Å². The minimum absolute atomic E-state index is 0.0945. The Morgan fingerprint density at radius 1 is 1.48 bits per heavy atom. The number of carbonyl (C=O) groups excluding carboxylic acids is 1. The number of nitrogens with zero attached hydrogens (tertiary/aromatic N) is 1. The summed E-state index contributed by atoms with van der Waals surface area (Å²) in [7, 11) is 0. The van der Waals surface area contributed by atoms with Gasteiger partial charge < -0.3 is 21.0 Å². The van der Waals surface area contributed by atoms with Crippen LogP contribution in [0.5, 0.6) is 0 Å². The van der Waals surface area contributed by atoms with E-state index < -0.39 is 5.41 Å². The molecule has 0 unspecified atom stereocenters. The Morgan fingerprint density at radius 3 is 2.76 bits per heavy atom. The summed E-state index contributed by atoms with van der Waals surface area (Å²) in [5, 5.41) is 15.4. The van der Waals surface area contributed by atoms with Crippen LogP contribution in [0.15, 0.2) is 23.4 Å². The number of hydrogen-bond acceptors (Lipinski definition) is 4. The van der Waals surface area contributed by atoms with Crippen molar-refractivity contribution in [2.24, 2.45) is 16.3 Å². The number of carbonyl (C=O) groups is 1. The van der Waals surface area contributed by atoms with Crippen LogP contribution in [0.3, 0.4) is 0 Å². The van der Waals surface area contributed by atoms with Crippen molar-refractivity contribution in [3.63, 3.8) is 0 Å².